The van der Waals surface area contributed by atoms with Crippen LogP contribution in [0, 0.1) is 10.1 Å². The summed E-state index contributed by atoms with van der Waals surface area (Å²) in [6.07, 6.45) is 0. The number of benzene rings is 1. The summed E-state index contributed by atoms with van der Waals surface area (Å²) < 4.78 is 9.80. The Morgan fingerprint density at radius 3 is 2.76 bits per heavy atom. The quantitative estimate of drug-likeness (QED) is 0.352. The summed E-state index contributed by atoms with van der Waals surface area (Å²) in [4.78, 5) is 21.3. The number of carbonyl (C=O) groups excluding carboxylic acids is 1. The van der Waals surface area contributed by atoms with Crippen molar-refractivity contribution < 1.29 is 19.2 Å². The van der Waals surface area contributed by atoms with Crippen LogP contribution in [0.25, 0.3) is 0 Å². The first-order valence-electron chi connectivity index (χ1n) is 6.00. The Kier molecular flexibility index (Phi) is 6.34. The lowest BCUT2D eigenvalue weighted by molar-refractivity contribution is -0.384. The number of non-ortho nitro benzene ring substituents is 1. The molecule has 0 saturated carbocycles. The Morgan fingerprint density at radius 2 is 2.19 bits per heavy atom. The zero-order chi connectivity index (χ0) is 15.8. The molecule has 2 N–H and O–H groups in total. The van der Waals surface area contributed by atoms with Crippen LogP contribution in [-0.2, 0) is 9.53 Å². The number of hydrogen-bond donors (Lipinski definition) is 2. The lowest BCUT2D eigenvalue weighted by Gasteiger charge is -2.12. The SMILES string of the molecule is CCOC(=O)CNC(=S)Nc1ccc([N+](=O)[O-])cc1OC. The molecule has 0 aliphatic heterocycles. The summed E-state index contributed by atoms with van der Waals surface area (Å²) in [7, 11) is 1.39. The van der Waals surface area contributed by atoms with Gasteiger partial charge in [0.05, 0.1) is 30.4 Å². The number of thiocarbonyl (C=S) groups is 1. The molecule has 21 heavy (non-hydrogen) atoms. The van der Waals surface area contributed by atoms with Crippen molar-refractivity contribution in [3.63, 3.8) is 0 Å². The second kappa shape index (κ2) is 8.00. The fourth-order valence-electron chi connectivity index (χ4n) is 1.43. The maximum absolute atomic E-state index is 11.2. The Morgan fingerprint density at radius 1 is 1.48 bits per heavy atom. The van der Waals surface area contributed by atoms with Crippen molar-refractivity contribution in [2.45, 2.75) is 6.92 Å². The monoisotopic (exact) mass is 313 g/mol. The van der Waals surface area contributed by atoms with E-state index in [4.69, 9.17) is 21.7 Å². The van der Waals surface area contributed by atoms with E-state index in [9.17, 15) is 14.9 Å². The maximum Gasteiger partial charge on any atom is 0.325 e. The number of carbonyl (C=O) groups is 1. The van der Waals surface area contributed by atoms with Crippen LogP contribution in [0.2, 0.25) is 0 Å². The van der Waals surface area contributed by atoms with Crippen molar-refractivity contribution in [1.29, 1.82) is 0 Å². The predicted octanol–water partition coefficient (Wildman–Crippen LogP) is 1.45. The van der Waals surface area contributed by atoms with Crippen LogP contribution in [0.1, 0.15) is 6.92 Å². The molecule has 0 radical (unpaired) electrons. The van der Waals surface area contributed by atoms with Crippen LogP contribution in [0.5, 0.6) is 5.75 Å². The number of methoxy groups -OCH3 is 1. The molecule has 0 fully saturated rings. The lowest BCUT2D eigenvalue weighted by atomic mass is 10.2. The Balaban J connectivity index is 2.67. The highest BCUT2D eigenvalue weighted by molar-refractivity contribution is 7.80. The molecule has 1 aromatic rings. The zero-order valence-electron chi connectivity index (χ0n) is 11.5. The number of nitrogens with one attached hydrogen (secondary N) is 2. The molecule has 0 heterocycles. The number of esters is 1. The maximum atomic E-state index is 11.2. The Labute approximate surface area is 126 Å². The summed E-state index contributed by atoms with van der Waals surface area (Å²) in [5, 5.41) is 16.3. The lowest BCUT2D eigenvalue weighted by Crippen LogP contribution is -2.34. The van der Waals surface area contributed by atoms with E-state index >= 15 is 0 Å². The first-order valence-corrected chi connectivity index (χ1v) is 6.41. The van der Waals surface area contributed by atoms with Gasteiger partial charge in [0, 0.05) is 6.07 Å². The molecule has 0 amide bonds. The molecule has 0 spiro atoms. The van der Waals surface area contributed by atoms with Gasteiger partial charge >= 0.3 is 5.97 Å². The molecule has 8 nitrogen and oxygen atoms in total. The normalized spacial score (nSPS) is 9.62. The van der Waals surface area contributed by atoms with Gasteiger partial charge in [-0.1, -0.05) is 0 Å². The zero-order valence-corrected chi connectivity index (χ0v) is 12.4. The van der Waals surface area contributed by atoms with Crippen molar-refractivity contribution in [1.82, 2.24) is 5.32 Å². The second-order valence-corrected chi connectivity index (χ2v) is 4.16. The minimum Gasteiger partial charge on any atom is -0.494 e. The van der Waals surface area contributed by atoms with Crippen LogP contribution in [0.15, 0.2) is 18.2 Å². The fraction of sp³-hybridized carbons (Fsp3) is 0.333. The third-order valence-electron chi connectivity index (χ3n) is 2.34. The fourth-order valence-corrected chi connectivity index (χ4v) is 1.61. The van der Waals surface area contributed by atoms with Gasteiger partial charge in [-0.15, -0.1) is 0 Å². The van der Waals surface area contributed by atoms with E-state index in [0.717, 1.165) is 0 Å². The third-order valence-corrected chi connectivity index (χ3v) is 2.59. The van der Waals surface area contributed by atoms with Gasteiger partial charge in [-0.3, -0.25) is 14.9 Å². The number of anilines is 1. The van der Waals surface area contributed by atoms with Gasteiger partial charge in [-0.05, 0) is 25.2 Å². The van der Waals surface area contributed by atoms with Gasteiger partial charge in [-0.25, -0.2) is 0 Å². The number of nitrogens with zero attached hydrogens (tertiary/aromatic N) is 1. The first kappa shape index (κ1) is 16.6. The van der Waals surface area contributed by atoms with E-state index in [1.54, 1.807) is 6.92 Å². The molecule has 114 valence electrons. The van der Waals surface area contributed by atoms with Crippen molar-refractivity contribution in [3.8, 4) is 5.75 Å². The molecular formula is C12H15N3O5S. The van der Waals surface area contributed by atoms with Crippen molar-refractivity contribution in [2.24, 2.45) is 0 Å². The molecular weight excluding hydrogens is 298 g/mol. The standard InChI is InChI=1S/C12H15N3O5S/c1-3-20-11(16)7-13-12(21)14-9-5-4-8(15(17)18)6-10(9)19-2/h4-6H,3,7H2,1-2H3,(H2,13,14,21). The van der Waals surface area contributed by atoms with Gasteiger partial charge in [0.1, 0.15) is 12.3 Å². The van der Waals surface area contributed by atoms with Gasteiger partial charge < -0.3 is 20.1 Å². The molecule has 0 aliphatic carbocycles. The Hall–Kier alpha value is -2.42. The molecule has 9 heteroatoms. The number of ether oxygens (including phenoxy) is 2. The molecule has 0 saturated heterocycles. The van der Waals surface area contributed by atoms with E-state index in [1.807, 2.05) is 0 Å². The molecule has 0 aromatic heterocycles. The summed E-state index contributed by atoms with van der Waals surface area (Å²) in [6, 6.07) is 4.06. The van der Waals surface area contributed by atoms with E-state index in [1.165, 1.54) is 25.3 Å². The van der Waals surface area contributed by atoms with Crippen molar-refractivity contribution in [3.05, 3.63) is 28.3 Å². The number of hydrogen-bond acceptors (Lipinski definition) is 6. The first-order chi connectivity index (χ1) is 9.97. The molecule has 0 bridgehead atoms. The molecule has 0 aliphatic rings. The smallest absolute Gasteiger partial charge is 0.325 e. The van der Waals surface area contributed by atoms with Crippen LogP contribution in [-0.4, -0.2) is 36.3 Å². The van der Waals surface area contributed by atoms with Crippen LogP contribution < -0.4 is 15.4 Å². The minimum absolute atomic E-state index is 0.0744. The number of rotatable bonds is 6. The average Bonchev–Trinajstić information content (AvgIpc) is 2.45. The van der Waals surface area contributed by atoms with E-state index in [0.29, 0.717) is 5.69 Å². The largest absolute Gasteiger partial charge is 0.494 e. The summed E-state index contributed by atoms with van der Waals surface area (Å²) in [5.74, 6) is -0.165. The summed E-state index contributed by atoms with van der Waals surface area (Å²) in [5.41, 5.74) is 0.354. The molecule has 1 rings (SSSR count). The number of nitro groups is 1. The van der Waals surface area contributed by atoms with E-state index in [2.05, 4.69) is 10.6 Å². The second-order valence-electron chi connectivity index (χ2n) is 3.75. The van der Waals surface area contributed by atoms with Crippen molar-refractivity contribution in [2.75, 3.05) is 25.6 Å². The van der Waals surface area contributed by atoms with Crippen LogP contribution in [0.4, 0.5) is 11.4 Å². The third kappa shape index (κ3) is 5.22. The van der Waals surface area contributed by atoms with Crippen molar-refractivity contribution >= 4 is 34.7 Å². The van der Waals surface area contributed by atoms with Gasteiger partial charge in [0.15, 0.2) is 5.11 Å². The highest BCUT2D eigenvalue weighted by Gasteiger charge is 2.12. The molecule has 0 unspecified atom stereocenters. The average molecular weight is 313 g/mol. The van der Waals surface area contributed by atoms with E-state index in [-0.39, 0.29) is 29.7 Å². The topological polar surface area (TPSA) is 103 Å². The van der Waals surface area contributed by atoms with Crippen LogP contribution in [0.3, 0.4) is 0 Å². The van der Waals surface area contributed by atoms with Gasteiger partial charge in [0.2, 0.25) is 0 Å². The summed E-state index contributed by atoms with van der Waals surface area (Å²) >= 11 is 5.01. The molecule has 1 aromatic carbocycles. The van der Waals surface area contributed by atoms with E-state index < -0.39 is 10.9 Å². The molecule has 0 atom stereocenters. The van der Waals surface area contributed by atoms with Gasteiger partial charge in [-0.2, -0.15) is 0 Å². The minimum atomic E-state index is -0.524. The highest BCUT2D eigenvalue weighted by Crippen LogP contribution is 2.28. The van der Waals surface area contributed by atoms with Gasteiger partial charge in [0.25, 0.3) is 5.69 Å². The number of nitro benzene ring substituents is 1. The highest BCUT2D eigenvalue weighted by atomic mass is 32.1. The Bertz CT molecular complexity index is 550. The predicted molar refractivity (Wildman–Crippen MR) is 80.5 cm³/mol. The summed E-state index contributed by atoms with van der Waals surface area (Å²) in [6.45, 7) is 1.92. The van der Waals surface area contributed by atoms with Crippen LogP contribution >= 0.6 is 12.2 Å².